The van der Waals surface area contributed by atoms with Crippen LogP contribution in [0.5, 0.6) is 0 Å². The van der Waals surface area contributed by atoms with Crippen molar-refractivity contribution >= 4 is 37.3 Å². The Morgan fingerprint density at radius 2 is 1.95 bits per heavy atom. The van der Waals surface area contributed by atoms with Crippen molar-refractivity contribution < 1.29 is 8.42 Å². The predicted octanol–water partition coefficient (Wildman–Crippen LogP) is 4.66. The number of thiophene rings is 1. The van der Waals surface area contributed by atoms with Crippen LogP contribution in [0.4, 0.5) is 0 Å². The second-order valence-corrected chi connectivity index (χ2v) is 11.5. The molecule has 1 aliphatic rings. The largest absolute Gasteiger partial charge is 0.252 e. The van der Waals surface area contributed by atoms with Gasteiger partial charge in [-0.05, 0) is 65.1 Å². The smallest absolute Gasteiger partial charge is 0.206 e. The highest BCUT2D eigenvalue weighted by molar-refractivity contribution is 9.11. The van der Waals surface area contributed by atoms with Gasteiger partial charge in [-0.2, -0.15) is 4.31 Å². The van der Waals surface area contributed by atoms with Crippen molar-refractivity contribution in [3.63, 3.8) is 0 Å². The highest BCUT2D eigenvalue weighted by atomic mass is 79.9. The molecule has 2 heterocycles. The minimum Gasteiger partial charge on any atom is -0.206 e. The van der Waals surface area contributed by atoms with E-state index in [1.807, 2.05) is 6.92 Å². The SMILES string of the molecule is Cc1cc(S(=O)(=O)N2CCCC(C(C)(C)C)CC2)sc1Br. The summed E-state index contributed by atoms with van der Waals surface area (Å²) in [6.07, 6.45) is 3.02. The van der Waals surface area contributed by atoms with Crippen LogP contribution < -0.4 is 0 Å². The lowest BCUT2D eigenvalue weighted by Gasteiger charge is -2.29. The first-order valence-corrected chi connectivity index (χ1v) is 10.4. The second-order valence-electron chi connectivity index (χ2n) is 6.92. The van der Waals surface area contributed by atoms with Gasteiger partial charge in [-0.15, -0.1) is 11.3 Å². The summed E-state index contributed by atoms with van der Waals surface area (Å²) in [6.45, 7) is 9.96. The third-order valence-electron chi connectivity index (χ3n) is 4.34. The van der Waals surface area contributed by atoms with E-state index < -0.39 is 10.0 Å². The fourth-order valence-corrected chi connectivity index (χ4v) is 6.74. The minimum atomic E-state index is -3.33. The van der Waals surface area contributed by atoms with E-state index in [4.69, 9.17) is 0 Å². The van der Waals surface area contributed by atoms with E-state index in [-0.39, 0.29) is 5.41 Å². The van der Waals surface area contributed by atoms with Crippen LogP contribution in [0.1, 0.15) is 45.6 Å². The zero-order chi connectivity index (χ0) is 15.8. The van der Waals surface area contributed by atoms with Crippen molar-refractivity contribution in [2.75, 3.05) is 13.1 Å². The van der Waals surface area contributed by atoms with Crippen LogP contribution in [0.25, 0.3) is 0 Å². The number of hydrogen-bond donors (Lipinski definition) is 0. The Labute approximate surface area is 140 Å². The van der Waals surface area contributed by atoms with Crippen molar-refractivity contribution in [1.82, 2.24) is 4.31 Å². The molecule has 1 aromatic rings. The maximum absolute atomic E-state index is 12.8. The summed E-state index contributed by atoms with van der Waals surface area (Å²) in [5.41, 5.74) is 1.24. The van der Waals surface area contributed by atoms with Gasteiger partial charge in [0.05, 0.1) is 3.79 Å². The van der Waals surface area contributed by atoms with Gasteiger partial charge in [0.15, 0.2) is 0 Å². The fraction of sp³-hybridized carbons (Fsp3) is 0.733. The molecule has 1 unspecified atom stereocenters. The molecule has 1 fully saturated rings. The first-order chi connectivity index (χ1) is 9.62. The number of halogens is 1. The van der Waals surface area contributed by atoms with Crippen molar-refractivity contribution in [1.29, 1.82) is 0 Å². The molecule has 0 amide bonds. The van der Waals surface area contributed by atoms with Gasteiger partial charge in [0.25, 0.3) is 10.0 Å². The van der Waals surface area contributed by atoms with Crippen LogP contribution in [-0.2, 0) is 10.0 Å². The molecule has 1 atom stereocenters. The minimum absolute atomic E-state index is 0.252. The molecule has 0 saturated carbocycles. The number of aryl methyl sites for hydroxylation is 1. The summed E-state index contributed by atoms with van der Waals surface area (Å²) in [4.78, 5) is 0. The van der Waals surface area contributed by atoms with Gasteiger partial charge in [0, 0.05) is 13.1 Å². The van der Waals surface area contributed by atoms with Gasteiger partial charge in [-0.25, -0.2) is 8.42 Å². The Bertz CT molecular complexity index is 582. The molecule has 3 nitrogen and oxygen atoms in total. The average molecular weight is 394 g/mol. The zero-order valence-electron chi connectivity index (χ0n) is 13.1. The number of sulfonamides is 1. The van der Waals surface area contributed by atoms with E-state index in [2.05, 4.69) is 36.7 Å². The summed E-state index contributed by atoms with van der Waals surface area (Å²) in [5, 5.41) is 0. The van der Waals surface area contributed by atoms with Gasteiger partial charge in [0.1, 0.15) is 4.21 Å². The van der Waals surface area contributed by atoms with E-state index in [9.17, 15) is 8.42 Å². The van der Waals surface area contributed by atoms with Crippen molar-refractivity contribution in [2.45, 2.75) is 51.2 Å². The lowest BCUT2D eigenvalue weighted by molar-refractivity contribution is 0.217. The van der Waals surface area contributed by atoms with E-state index in [0.717, 1.165) is 28.6 Å². The highest BCUT2D eigenvalue weighted by Crippen LogP contribution is 2.37. The molecule has 2 rings (SSSR count). The molecular weight excluding hydrogens is 370 g/mol. The number of nitrogens with zero attached hydrogens (tertiary/aromatic N) is 1. The predicted molar refractivity (Wildman–Crippen MR) is 92.3 cm³/mol. The Kier molecular flexibility index (Phi) is 5.23. The van der Waals surface area contributed by atoms with Crippen LogP contribution >= 0.6 is 27.3 Å². The van der Waals surface area contributed by atoms with Crippen LogP contribution in [0.3, 0.4) is 0 Å². The lowest BCUT2D eigenvalue weighted by atomic mass is 9.77. The summed E-state index contributed by atoms with van der Waals surface area (Å²) in [7, 11) is -3.33. The van der Waals surface area contributed by atoms with Crippen molar-refractivity contribution in [3.05, 3.63) is 15.4 Å². The van der Waals surface area contributed by atoms with Gasteiger partial charge < -0.3 is 0 Å². The number of hydrogen-bond acceptors (Lipinski definition) is 3. The Hall–Kier alpha value is 0.0900. The molecule has 0 bridgehead atoms. The Balaban J connectivity index is 2.18. The molecule has 21 heavy (non-hydrogen) atoms. The quantitative estimate of drug-likeness (QED) is 0.732. The summed E-state index contributed by atoms with van der Waals surface area (Å²) in [6, 6.07) is 1.77. The molecule has 1 aromatic heterocycles. The first-order valence-electron chi connectivity index (χ1n) is 7.38. The molecule has 0 aliphatic carbocycles. The summed E-state index contributed by atoms with van der Waals surface area (Å²) >= 11 is 4.73. The van der Waals surface area contributed by atoms with Crippen LogP contribution in [-0.4, -0.2) is 25.8 Å². The summed E-state index contributed by atoms with van der Waals surface area (Å²) in [5.74, 6) is 0.592. The van der Waals surface area contributed by atoms with Gasteiger partial charge >= 0.3 is 0 Å². The molecule has 0 aromatic carbocycles. The van der Waals surface area contributed by atoms with E-state index in [1.54, 1.807) is 10.4 Å². The normalized spacial score (nSPS) is 22.2. The second kappa shape index (κ2) is 6.30. The molecule has 0 radical (unpaired) electrons. The standard InChI is InChI=1S/C15H24BrNO2S2/c1-11-10-13(20-14(11)16)21(18,19)17-8-5-6-12(7-9-17)15(2,3)4/h10,12H,5-9H2,1-4H3. The summed E-state index contributed by atoms with van der Waals surface area (Å²) < 4.78 is 28.6. The number of rotatable bonds is 2. The maximum Gasteiger partial charge on any atom is 0.252 e. The van der Waals surface area contributed by atoms with Crippen molar-refractivity contribution in [3.8, 4) is 0 Å². The maximum atomic E-state index is 12.8. The first kappa shape index (κ1) is 17.4. The van der Waals surface area contributed by atoms with Gasteiger partial charge in [0.2, 0.25) is 0 Å². The molecule has 0 N–H and O–H groups in total. The highest BCUT2D eigenvalue weighted by Gasteiger charge is 2.32. The molecule has 0 spiro atoms. The monoisotopic (exact) mass is 393 g/mol. The third kappa shape index (κ3) is 3.89. The van der Waals surface area contributed by atoms with E-state index in [0.29, 0.717) is 23.2 Å². The lowest BCUT2D eigenvalue weighted by Crippen LogP contribution is -2.32. The zero-order valence-corrected chi connectivity index (χ0v) is 16.4. The molecule has 120 valence electrons. The molecule has 1 saturated heterocycles. The third-order valence-corrected chi connectivity index (χ3v) is 8.82. The Morgan fingerprint density at radius 1 is 1.29 bits per heavy atom. The van der Waals surface area contributed by atoms with E-state index in [1.165, 1.54) is 11.3 Å². The van der Waals surface area contributed by atoms with Gasteiger partial charge in [-0.1, -0.05) is 20.8 Å². The molecular formula is C15H24BrNO2S2. The topological polar surface area (TPSA) is 37.4 Å². The fourth-order valence-electron chi connectivity index (χ4n) is 2.86. The molecule has 1 aliphatic heterocycles. The van der Waals surface area contributed by atoms with Crippen molar-refractivity contribution in [2.24, 2.45) is 11.3 Å². The Morgan fingerprint density at radius 3 is 2.48 bits per heavy atom. The van der Waals surface area contributed by atoms with Gasteiger partial charge in [-0.3, -0.25) is 0 Å². The average Bonchev–Trinajstić information content (AvgIpc) is 2.61. The van der Waals surface area contributed by atoms with E-state index >= 15 is 0 Å². The molecule has 6 heteroatoms. The van der Waals surface area contributed by atoms with Crippen LogP contribution in [0, 0.1) is 18.3 Å². The van der Waals surface area contributed by atoms with Crippen LogP contribution in [0.15, 0.2) is 14.1 Å². The van der Waals surface area contributed by atoms with Crippen LogP contribution in [0.2, 0.25) is 0 Å².